The molecule has 0 atom stereocenters. The molecular formula is C19H17ClN2O. The third-order valence-corrected chi connectivity index (χ3v) is 3.83. The number of ether oxygens (including phenoxy) is 1. The number of fused-ring (bicyclic) bond motifs is 1. The van der Waals surface area contributed by atoms with Gasteiger partial charge in [0.25, 0.3) is 0 Å². The fourth-order valence-corrected chi connectivity index (χ4v) is 2.56. The predicted molar refractivity (Wildman–Crippen MR) is 96.4 cm³/mol. The van der Waals surface area contributed by atoms with E-state index in [9.17, 15) is 0 Å². The number of pyridine rings is 1. The van der Waals surface area contributed by atoms with Crippen molar-refractivity contribution in [3.63, 3.8) is 0 Å². The molecule has 0 aliphatic rings. The number of hydrogen-bond donors (Lipinski definition) is 0. The van der Waals surface area contributed by atoms with Crippen LogP contribution < -0.4 is 4.74 Å². The summed E-state index contributed by atoms with van der Waals surface area (Å²) in [5.74, 6) is 0.840. The average molecular weight is 325 g/mol. The minimum absolute atomic E-state index is 0.460. The number of halogens is 1. The second kappa shape index (κ2) is 6.80. The number of rotatable bonds is 4. The van der Waals surface area contributed by atoms with E-state index in [2.05, 4.69) is 9.98 Å². The van der Waals surface area contributed by atoms with Gasteiger partial charge in [0.1, 0.15) is 10.9 Å². The van der Waals surface area contributed by atoms with Gasteiger partial charge in [0, 0.05) is 17.2 Å². The minimum atomic E-state index is 0.460. The summed E-state index contributed by atoms with van der Waals surface area (Å²) in [6.45, 7) is 4.64. The first-order valence-electron chi connectivity index (χ1n) is 7.50. The number of aryl methyl sites for hydroxylation is 1. The molecule has 0 N–H and O–H groups in total. The van der Waals surface area contributed by atoms with Crippen LogP contribution in [0.2, 0.25) is 5.15 Å². The van der Waals surface area contributed by atoms with Gasteiger partial charge in [-0.3, -0.25) is 4.99 Å². The summed E-state index contributed by atoms with van der Waals surface area (Å²) in [6.07, 6.45) is 1.74. The van der Waals surface area contributed by atoms with Crippen LogP contribution in [0.4, 0.5) is 5.69 Å². The Labute approximate surface area is 140 Å². The van der Waals surface area contributed by atoms with Gasteiger partial charge in [0.15, 0.2) is 0 Å². The topological polar surface area (TPSA) is 34.5 Å². The molecule has 3 aromatic rings. The van der Waals surface area contributed by atoms with E-state index >= 15 is 0 Å². The molecule has 2 aromatic carbocycles. The van der Waals surface area contributed by atoms with Crippen molar-refractivity contribution in [1.29, 1.82) is 0 Å². The maximum atomic E-state index is 6.29. The number of para-hydroxylation sites is 1. The van der Waals surface area contributed by atoms with Crippen LogP contribution in [0.15, 0.2) is 53.5 Å². The zero-order valence-corrected chi connectivity index (χ0v) is 13.8. The van der Waals surface area contributed by atoms with Gasteiger partial charge >= 0.3 is 0 Å². The summed E-state index contributed by atoms with van der Waals surface area (Å²) in [5.41, 5.74) is 3.68. The van der Waals surface area contributed by atoms with Crippen molar-refractivity contribution in [2.24, 2.45) is 4.99 Å². The van der Waals surface area contributed by atoms with E-state index in [1.54, 1.807) is 6.21 Å². The van der Waals surface area contributed by atoms with Crippen LogP contribution in [0, 0.1) is 6.92 Å². The van der Waals surface area contributed by atoms with Crippen molar-refractivity contribution in [3.05, 3.63) is 64.8 Å². The van der Waals surface area contributed by atoms with Crippen LogP contribution in [0.1, 0.15) is 18.1 Å². The lowest BCUT2D eigenvalue weighted by molar-refractivity contribution is 0.340. The Balaban J connectivity index is 1.89. The zero-order valence-electron chi connectivity index (χ0n) is 13.1. The van der Waals surface area contributed by atoms with Crippen LogP contribution in [0.3, 0.4) is 0 Å². The van der Waals surface area contributed by atoms with Gasteiger partial charge in [-0.25, -0.2) is 4.98 Å². The highest BCUT2D eigenvalue weighted by molar-refractivity contribution is 6.32. The van der Waals surface area contributed by atoms with Crippen molar-refractivity contribution < 1.29 is 4.74 Å². The molecule has 0 spiro atoms. The van der Waals surface area contributed by atoms with Gasteiger partial charge in [0.05, 0.1) is 17.8 Å². The molecule has 0 saturated heterocycles. The molecule has 4 heteroatoms. The van der Waals surface area contributed by atoms with Crippen molar-refractivity contribution in [1.82, 2.24) is 4.98 Å². The zero-order chi connectivity index (χ0) is 16.2. The van der Waals surface area contributed by atoms with E-state index in [-0.39, 0.29) is 0 Å². The second-order valence-corrected chi connectivity index (χ2v) is 5.56. The van der Waals surface area contributed by atoms with Crippen molar-refractivity contribution in [3.8, 4) is 5.75 Å². The number of aliphatic imine (C=N–C) groups is 1. The minimum Gasteiger partial charge on any atom is -0.494 e. The Bertz CT molecular complexity index is 857. The van der Waals surface area contributed by atoms with E-state index in [1.165, 1.54) is 0 Å². The Morgan fingerprint density at radius 2 is 1.96 bits per heavy atom. The van der Waals surface area contributed by atoms with Crippen LogP contribution >= 0.6 is 11.6 Å². The fraction of sp³-hybridized carbons (Fsp3) is 0.158. The predicted octanol–water partition coefficient (Wildman–Crippen LogP) is 5.35. The lowest BCUT2D eigenvalue weighted by atomic mass is 10.1. The Morgan fingerprint density at radius 1 is 1.17 bits per heavy atom. The lowest BCUT2D eigenvalue weighted by Crippen LogP contribution is -1.91. The normalized spacial score (nSPS) is 11.3. The molecule has 0 fully saturated rings. The molecule has 0 unspecified atom stereocenters. The molecular weight excluding hydrogens is 308 g/mol. The van der Waals surface area contributed by atoms with Crippen LogP contribution in [-0.2, 0) is 0 Å². The molecule has 23 heavy (non-hydrogen) atoms. The number of aromatic nitrogens is 1. The number of nitrogens with zero attached hydrogens (tertiary/aromatic N) is 2. The highest BCUT2D eigenvalue weighted by Crippen LogP contribution is 2.23. The second-order valence-electron chi connectivity index (χ2n) is 5.20. The number of hydrogen-bond acceptors (Lipinski definition) is 3. The summed E-state index contributed by atoms with van der Waals surface area (Å²) < 4.78 is 5.42. The maximum Gasteiger partial charge on any atom is 0.138 e. The van der Waals surface area contributed by atoms with Gasteiger partial charge in [-0.15, -0.1) is 0 Å². The average Bonchev–Trinajstić information content (AvgIpc) is 2.55. The molecule has 3 nitrogen and oxygen atoms in total. The first kappa shape index (κ1) is 15.5. The van der Waals surface area contributed by atoms with E-state index < -0.39 is 0 Å². The van der Waals surface area contributed by atoms with E-state index in [1.807, 2.05) is 62.4 Å². The van der Waals surface area contributed by atoms with Crippen LogP contribution in [-0.4, -0.2) is 17.8 Å². The molecule has 0 saturated carbocycles. The van der Waals surface area contributed by atoms with E-state index in [4.69, 9.17) is 16.3 Å². The highest BCUT2D eigenvalue weighted by Gasteiger charge is 2.05. The largest absolute Gasteiger partial charge is 0.494 e. The smallest absolute Gasteiger partial charge is 0.138 e. The third kappa shape index (κ3) is 3.51. The molecule has 1 aromatic heterocycles. The van der Waals surface area contributed by atoms with Gasteiger partial charge in [-0.1, -0.05) is 29.8 Å². The van der Waals surface area contributed by atoms with Gasteiger partial charge in [0.2, 0.25) is 0 Å². The summed E-state index contributed by atoms with van der Waals surface area (Å²) in [4.78, 5) is 8.94. The first-order chi connectivity index (χ1) is 11.2. The molecule has 116 valence electrons. The summed E-state index contributed by atoms with van der Waals surface area (Å²) >= 11 is 6.29. The Hall–Kier alpha value is -2.39. The van der Waals surface area contributed by atoms with Gasteiger partial charge < -0.3 is 4.74 Å². The number of benzene rings is 2. The van der Waals surface area contributed by atoms with Crippen molar-refractivity contribution >= 4 is 34.4 Å². The van der Waals surface area contributed by atoms with E-state index in [0.29, 0.717) is 11.8 Å². The summed E-state index contributed by atoms with van der Waals surface area (Å²) in [7, 11) is 0. The monoisotopic (exact) mass is 324 g/mol. The third-order valence-electron chi connectivity index (χ3n) is 3.53. The quantitative estimate of drug-likeness (QED) is 0.479. The molecule has 0 radical (unpaired) electrons. The Kier molecular flexibility index (Phi) is 4.58. The standard InChI is InChI=1S/C19H17ClN2O/c1-3-23-17-9-7-16(8-10-17)21-12-15-11-14-6-4-5-13(2)18(14)22-19(15)20/h4-12H,3H2,1-2H3. The SMILES string of the molecule is CCOc1ccc(N=Cc2cc3cccc(C)c3nc2Cl)cc1. The van der Waals surface area contributed by atoms with Crippen molar-refractivity contribution in [2.75, 3.05) is 6.61 Å². The maximum absolute atomic E-state index is 6.29. The molecule has 0 aliphatic heterocycles. The lowest BCUT2D eigenvalue weighted by Gasteiger charge is -2.05. The Morgan fingerprint density at radius 3 is 2.70 bits per heavy atom. The van der Waals surface area contributed by atoms with Crippen molar-refractivity contribution in [2.45, 2.75) is 13.8 Å². The molecule has 1 heterocycles. The van der Waals surface area contributed by atoms with Gasteiger partial charge in [-0.2, -0.15) is 0 Å². The summed E-state index contributed by atoms with van der Waals surface area (Å²) in [5, 5.41) is 1.52. The van der Waals surface area contributed by atoms with E-state index in [0.717, 1.165) is 33.5 Å². The molecule has 0 amide bonds. The molecule has 0 aliphatic carbocycles. The van der Waals surface area contributed by atoms with Gasteiger partial charge in [-0.05, 0) is 49.7 Å². The van der Waals surface area contributed by atoms with Crippen LogP contribution in [0.25, 0.3) is 10.9 Å². The summed E-state index contributed by atoms with van der Waals surface area (Å²) in [6, 6.07) is 15.7. The molecule has 0 bridgehead atoms. The fourth-order valence-electron chi connectivity index (χ4n) is 2.37. The molecule has 3 rings (SSSR count). The first-order valence-corrected chi connectivity index (χ1v) is 7.88. The highest BCUT2D eigenvalue weighted by atomic mass is 35.5. The van der Waals surface area contributed by atoms with Crippen LogP contribution in [0.5, 0.6) is 5.75 Å².